The van der Waals surface area contributed by atoms with Gasteiger partial charge in [0.15, 0.2) is 0 Å². The van der Waals surface area contributed by atoms with Crippen LogP contribution < -0.4 is 10.6 Å². The summed E-state index contributed by atoms with van der Waals surface area (Å²) in [5, 5.41) is 14.9. The van der Waals surface area contributed by atoms with Crippen molar-refractivity contribution in [1.82, 2.24) is 20.0 Å². The van der Waals surface area contributed by atoms with Gasteiger partial charge in [0, 0.05) is 31.9 Å². The van der Waals surface area contributed by atoms with E-state index in [9.17, 15) is 9.90 Å². The standard InChI is InChI=1S/C19H22N4O2/c1-14-5-4-10-23-12-17(22-18(14)23)8-9-20-19(25)21-11-15-6-2-3-7-16(15)13-24/h2-7,10,12,24H,8-9,11,13H2,1H3,(H2,20,21,25). The first-order valence-electron chi connectivity index (χ1n) is 8.30. The second kappa shape index (κ2) is 7.81. The Morgan fingerprint density at radius 1 is 1.16 bits per heavy atom. The first kappa shape index (κ1) is 17.0. The van der Waals surface area contributed by atoms with E-state index in [1.165, 1.54) is 0 Å². The van der Waals surface area contributed by atoms with E-state index >= 15 is 0 Å². The number of urea groups is 1. The molecule has 0 aliphatic rings. The van der Waals surface area contributed by atoms with Gasteiger partial charge in [0.05, 0.1) is 12.3 Å². The van der Waals surface area contributed by atoms with Gasteiger partial charge in [0.2, 0.25) is 0 Å². The van der Waals surface area contributed by atoms with Gasteiger partial charge in [0.1, 0.15) is 5.65 Å². The lowest BCUT2D eigenvalue weighted by Crippen LogP contribution is -2.36. The highest BCUT2D eigenvalue weighted by Gasteiger charge is 2.06. The van der Waals surface area contributed by atoms with Crippen LogP contribution in [0.2, 0.25) is 0 Å². The van der Waals surface area contributed by atoms with E-state index in [4.69, 9.17) is 0 Å². The van der Waals surface area contributed by atoms with Crippen molar-refractivity contribution >= 4 is 11.7 Å². The Morgan fingerprint density at radius 2 is 1.96 bits per heavy atom. The summed E-state index contributed by atoms with van der Waals surface area (Å²) in [5.41, 5.74) is 4.75. The van der Waals surface area contributed by atoms with Crippen molar-refractivity contribution in [3.05, 3.63) is 71.2 Å². The average molecular weight is 338 g/mol. The summed E-state index contributed by atoms with van der Waals surface area (Å²) >= 11 is 0. The number of fused-ring (bicyclic) bond motifs is 1. The molecule has 0 fully saturated rings. The third-order valence-corrected chi connectivity index (χ3v) is 4.12. The fraction of sp³-hybridized carbons (Fsp3) is 0.263. The lowest BCUT2D eigenvalue weighted by molar-refractivity contribution is 0.240. The zero-order chi connectivity index (χ0) is 17.6. The number of benzene rings is 1. The van der Waals surface area contributed by atoms with E-state index in [0.29, 0.717) is 19.5 Å². The molecule has 3 rings (SSSR count). The molecule has 1 aromatic carbocycles. The monoisotopic (exact) mass is 338 g/mol. The largest absolute Gasteiger partial charge is 0.392 e. The summed E-state index contributed by atoms with van der Waals surface area (Å²) in [4.78, 5) is 16.5. The van der Waals surface area contributed by atoms with E-state index in [1.54, 1.807) is 0 Å². The van der Waals surface area contributed by atoms with Crippen LogP contribution in [0.1, 0.15) is 22.4 Å². The van der Waals surface area contributed by atoms with Crippen LogP contribution in [0, 0.1) is 6.92 Å². The first-order chi connectivity index (χ1) is 12.2. The zero-order valence-electron chi connectivity index (χ0n) is 14.2. The number of nitrogens with one attached hydrogen (secondary N) is 2. The number of aromatic nitrogens is 2. The van der Waals surface area contributed by atoms with Crippen molar-refractivity contribution in [2.75, 3.05) is 6.54 Å². The number of carbonyl (C=O) groups is 1. The Kier molecular flexibility index (Phi) is 5.30. The van der Waals surface area contributed by atoms with Crippen molar-refractivity contribution in [3.8, 4) is 0 Å². The Balaban J connectivity index is 1.48. The number of carbonyl (C=O) groups excluding carboxylic acids is 1. The van der Waals surface area contributed by atoms with Crippen LogP contribution in [0.25, 0.3) is 5.65 Å². The molecule has 0 unspecified atom stereocenters. The van der Waals surface area contributed by atoms with Crippen LogP contribution in [-0.4, -0.2) is 27.1 Å². The van der Waals surface area contributed by atoms with Gasteiger partial charge in [-0.25, -0.2) is 9.78 Å². The quantitative estimate of drug-likeness (QED) is 0.644. The number of amides is 2. The van der Waals surface area contributed by atoms with E-state index in [0.717, 1.165) is 28.0 Å². The number of aliphatic hydroxyl groups is 1. The second-order valence-electron chi connectivity index (χ2n) is 5.94. The van der Waals surface area contributed by atoms with Gasteiger partial charge >= 0.3 is 6.03 Å². The summed E-state index contributed by atoms with van der Waals surface area (Å²) in [7, 11) is 0. The normalized spacial score (nSPS) is 10.8. The van der Waals surface area contributed by atoms with Crippen molar-refractivity contribution in [2.24, 2.45) is 0 Å². The fourth-order valence-corrected chi connectivity index (χ4v) is 2.75. The lowest BCUT2D eigenvalue weighted by atomic mass is 10.1. The van der Waals surface area contributed by atoms with Gasteiger partial charge < -0.3 is 20.1 Å². The lowest BCUT2D eigenvalue weighted by Gasteiger charge is -2.09. The number of aliphatic hydroxyl groups excluding tert-OH is 1. The van der Waals surface area contributed by atoms with Crippen LogP contribution in [0.5, 0.6) is 0 Å². The van der Waals surface area contributed by atoms with Crippen molar-refractivity contribution < 1.29 is 9.90 Å². The molecule has 0 saturated carbocycles. The second-order valence-corrected chi connectivity index (χ2v) is 5.94. The Hall–Kier alpha value is -2.86. The summed E-state index contributed by atoms with van der Waals surface area (Å²) in [5.74, 6) is 0. The number of rotatable bonds is 6. The van der Waals surface area contributed by atoms with Crippen LogP contribution in [0.3, 0.4) is 0 Å². The maximum Gasteiger partial charge on any atom is 0.315 e. The predicted octanol–water partition coefficient (Wildman–Crippen LogP) is 2.18. The maximum absolute atomic E-state index is 11.9. The molecule has 2 aromatic heterocycles. The minimum absolute atomic E-state index is 0.0349. The van der Waals surface area contributed by atoms with Crippen molar-refractivity contribution in [2.45, 2.75) is 26.5 Å². The fourth-order valence-electron chi connectivity index (χ4n) is 2.75. The molecule has 0 atom stereocenters. The first-order valence-corrected chi connectivity index (χ1v) is 8.30. The van der Waals surface area contributed by atoms with E-state index in [2.05, 4.69) is 15.6 Å². The molecule has 0 aliphatic heterocycles. The minimum atomic E-state index is -0.229. The summed E-state index contributed by atoms with van der Waals surface area (Å²) in [6.07, 6.45) is 4.62. The number of imidazole rings is 1. The minimum Gasteiger partial charge on any atom is -0.392 e. The van der Waals surface area contributed by atoms with E-state index in [1.807, 2.05) is 60.1 Å². The number of aryl methyl sites for hydroxylation is 1. The molecule has 130 valence electrons. The molecule has 25 heavy (non-hydrogen) atoms. The smallest absolute Gasteiger partial charge is 0.315 e. The van der Waals surface area contributed by atoms with E-state index in [-0.39, 0.29) is 12.6 Å². The number of hydrogen-bond acceptors (Lipinski definition) is 3. The summed E-state index contributed by atoms with van der Waals surface area (Å²) < 4.78 is 2.00. The predicted molar refractivity (Wildman–Crippen MR) is 96.2 cm³/mol. The molecule has 6 heteroatoms. The maximum atomic E-state index is 11.9. The van der Waals surface area contributed by atoms with Gasteiger partial charge in [-0.15, -0.1) is 0 Å². The third-order valence-electron chi connectivity index (χ3n) is 4.12. The summed E-state index contributed by atoms with van der Waals surface area (Å²) in [6, 6.07) is 11.3. The van der Waals surface area contributed by atoms with Gasteiger partial charge in [-0.1, -0.05) is 30.3 Å². The molecular weight excluding hydrogens is 316 g/mol. The van der Waals surface area contributed by atoms with Crippen molar-refractivity contribution in [1.29, 1.82) is 0 Å². The van der Waals surface area contributed by atoms with Crippen LogP contribution in [0.4, 0.5) is 4.79 Å². The van der Waals surface area contributed by atoms with Crippen LogP contribution in [-0.2, 0) is 19.6 Å². The molecule has 3 aromatic rings. The SMILES string of the molecule is Cc1cccn2cc(CCNC(=O)NCc3ccccc3CO)nc12. The van der Waals surface area contributed by atoms with Gasteiger partial charge in [0.25, 0.3) is 0 Å². The molecule has 2 amide bonds. The van der Waals surface area contributed by atoms with Gasteiger partial charge in [-0.05, 0) is 29.7 Å². The van der Waals surface area contributed by atoms with Gasteiger partial charge in [-0.3, -0.25) is 0 Å². The Labute approximate surface area is 146 Å². The topological polar surface area (TPSA) is 78.7 Å². The van der Waals surface area contributed by atoms with Gasteiger partial charge in [-0.2, -0.15) is 0 Å². The Morgan fingerprint density at radius 3 is 2.72 bits per heavy atom. The van der Waals surface area contributed by atoms with Crippen LogP contribution in [0.15, 0.2) is 48.8 Å². The molecule has 0 bridgehead atoms. The molecule has 0 saturated heterocycles. The number of hydrogen-bond donors (Lipinski definition) is 3. The molecule has 2 heterocycles. The highest BCUT2D eigenvalue weighted by molar-refractivity contribution is 5.73. The Bertz CT molecular complexity index is 873. The molecule has 3 N–H and O–H groups in total. The molecular formula is C19H22N4O2. The highest BCUT2D eigenvalue weighted by Crippen LogP contribution is 2.10. The molecule has 0 spiro atoms. The molecule has 6 nitrogen and oxygen atoms in total. The number of pyridine rings is 1. The third kappa shape index (κ3) is 4.16. The van der Waals surface area contributed by atoms with E-state index < -0.39 is 0 Å². The molecule has 0 aliphatic carbocycles. The highest BCUT2D eigenvalue weighted by atomic mass is 16.3. The average Bonchev–Trinajstić information content (AvgIpc) is 3.04. The zero-order valence-corrected chi connectivity index (χ0v) is 14.2. The van der Waals surface area contributed by atoms with Crippen LogP contribution >= 0.6 is 0 Å². The molecule has 0 radical (unpaired) electrons. The summed E-state index contributed by atoms with van der Waals surface area (Å²) in [6.45, 7) is 2.89. The number of nitrogens with zero attached hydrogens (tertiary/aromatic N) is 2. The van der Waals surface area contributed by atoms with Crippen molar-refractivity contribution in [3.63, 3.8) is 0 Å².